The summed E-state index contributed by atoms with van der Waals surface area (Å²) in [7, 11) is 0. The number of aliphatic carboxylic acids is 1. The lowest BCUT2D eigenvalue weighted by molar-refractivity contribution is -0.200. The molecule has 2 aliphatic rings. The summed E-state index contributed by atoms with van der Waals surface area (Å²) in [5.74, 6) is -3.19. The van der Waals surface area contributed by atoms with Crippen LogP contribution in [0.3, 0.4) is 0 Å². The van der Waals surface area contributed by atoms with Crippen LogP contribution in [0.1, 0.15) is 53.4 Å². The summed E-state index contributed by atoms with van der Waals surface area (Å²) in [4.78, 5) is 76.7. The number of imide groups is 2. The van der Waals surface area contributed by atoms with Gasteiger partial charge in [0.1, 0.15) is 0 Å². The van der Waals surface area contributed by atoms with Crippen LogP contribution < -0.4 is 5.32 Å². The largest absolute Gasteiger partial charge is 0.479 e. The molecule has 178 valence electrons. The highest BCUT2D eigenvalue weighted by atomic mass is 16.7. The van der Waals surface area contributed by atoms with Crippen molar-refractivity contribution >= 4 is 47.0 Å². The predicted molar refractivity (Wildman–Crippen MR) is 107 cm³/mol. The molecule has 0 aromatic carbocycles. The maximum Gasteiger partial charge on any atom is 0.373 e. The van der Waals surface area contributed by atoms with E-state index in [9.17, 15) is 28.8 Å². The van der Waals surface area contributed by atoms with Gasteiger partial charge in [-0.25, -0.2) is 9.59 Å². The van der Waals surface area contributed by atoms with Gasteiger partial charge in [-0.05, 0) is 27.7 Å². The summed E-state index contributed by atoms with van der Waals surface area (Å²) in [5, 5.41) is 17.5. The Morgan fingerprint density at radius 3 is 1.62 bits per heavy atom. The molecule has 2 N–H and O–H groups in total. The minimum absolute atomic E-state index is 0.0686. The fraction of sp³-hybridized carbons (Fsp3) is 0.556. The zero-order valence-corrected chi connectivity index (χ0v) is 18.2. The Hall–Kier alpha value is -3.84. The van der Waals surface area contributed by atoms with E-state index >= 15 is 0 Å². The Labute approximate surface area is 183 Å². The first-order chi connectivity index (χ1) is 14.9. The Balaban J connectivity index is 0.000000505. The molecule has 14 nitrogen and oxygen atoms in total. The predicted octanol–water partition coefficient (Wildman–Crippen LogP) is -0.0876. The molecule has 2 saturated heterocycles. The number of rotatable bonds is 7. The summed E-state index contributed by atoms with van der Waals surface area (Å²) in [6, 6.07) is 0. The standard InChI is InChI=1S/C9H12N2O5.C5H9NO3.C4H5NO2/c1-6(2)10-15-5-9(14)16-11-7(12)3-4-8(11)13;1-4(2)6-9-3-5(7)8;6-3-1-2-4(7)5-3/h3-5H2,1-2H3;3H2,1-2H3,(H,7,8);1-2H2,(H,5,6,7). The van der Waals surface area contributed by atoms with Gasteiger partial charge in [-0.3, -0.25) is 24.5 Å². The molecule has 2 fully saturated rings. The average Bonchev–Trinajstić information content (AvgIpc) is 3.20. The molecule has 0 unspecified atom stereocenters. The lowest BCUT2D eigenvalue weighted by atomic mass is 10.4. The first kappa shape index (κ1) is 28.2. The van der Waals surface area contributed by atoms with Crippen molar-refractivity contribution in [1.82, 2.24) is 10.4 Å². The Bertz CT molecular complexity index is 753. The van der Waals surface area contributed by atoms with Crippen molar-refractivity contribution in [2.75, 3.05) is 13.2 Å². The highest BCUT2D eigenvalue weighted by Crippen LogP contribution is 2.11. The van der Waals surface area contributed by atoms with Crippen LogP contribution >= 0.6 is 0 Å². The Kier molecular flexibility index (Phi) is 13.2. The van der Waals surface area contributed by atoms with E-state index < -0.39 is 30.4 Å². The van der Waals surface area contributed by atoms with Gasteiger partial charge in [0.25, 0.3) is 11.8 Å². The van der Waals surface area contributed by atoms with Crippen LogP contribution in [0.4, 0.5) is 0 Å². The monoisotopic (exact) mass is 458 g/mol. The Morgan fingerprint density at radius 2 is 1.28 bits per heavy atom. The number of nitrogens with one attached hydrogen (secondary N) is 1. The zero-order valence-electron chi connectivity index (χ0n) is 18.2. The van der Waals surface area contributed by atoms with Crippen molar-refractivity contribution in [2.45, 2.75) is 53.4 Å². The van der Waals surface area contributed by atoms with Crippen LogP contribution in [0.5, 0.6) is 0 Å². The van der Waals surface area contributed by atoms with Crippen LogP contribution in [-0.2, 0) is 43.3 Å². The van der Waals surface area contributed by atoms with Gasteiger partial charge in [-0.1, -0.05) is 10.3 Å². The van der Waals surface area contributed by atoms with Crippen molar-refractivity contribution in [2.24, 2.45) is 10.3 Å². The summed E-state index contributed by atoms with van der Waals surface area (Å²) < 4.78 is 0. The quantitative estimate of drug-likeness (QED) is 0.296. The van der Waals surface area contributed by atoms with Gasteiger partial charge in [0, 0.05) is 25.7 Å². The molecule has 4 amide bonds. The van der Waals surface area contributed by atoms with E-state index in [0.29, 0.717) is 29.3 Å². The molecule has 2 aliphatic heterocycles. The van der Waals surface area contributed by atoms with Gasteiger partial charge >= 0.3 is 11.9 Å². The Morgan fingerprint density at radius 1 is 0.844 bits per heavy atom. The lowest BCUT2D eigenvalue weighted by Gasteiger charge is -2.11. The first-order valence-electron chi connectivity index (χ1n) is 9.29. The minimum Gasteiger partial charge on any atom is -0.479 e. The molecule has 0 aromatic rings. The van der Waals surface area contributed by atoms with Gasteiger partial charge < -0.3 is 19.6 Å². The second-order valence-corrected chi connectivity index (χ2v) is 6.53. The van der Waals surface area contributed by atoms with E-state index in [0.717, 1.165) is 0 Å². The van der Waals surface area contributed by atoms with Crippen molar-refractivity contribution in [3.63, 3.8) is 0 Å². The van der Waals surface area contributed by atoms with Crippen LogP contribution in [0.15, 0.2) is 10.3 Å². The number of oxime groups is 2. The lowest BCUT2D eigenvalue weighted by Crippen LogP contribution is -2.33. The molecule has 2 heterocycles. The summed E-state index contributed by atoms with van der Waals surface area (Å²) in [6.07, 6.45) is 0.885. The third-order valence-corrected chi connectivity index (χ3v) is 2.92. The maximum absolute atomic E-state index is 11.1. The highest BCUT2D eigenvalue weighted by Gasteiger charge is 2.32. The van der Waals surface area contributed by atoms with Crippen molar-refractivity contribution < 1.29 is 48.4 Å². The summed E-state index contributed by atoms with van der Waals surface area (Å²) >= 11 is 0. The van der Waals surface area contributed by atoms with E-state index in [1.807, 2.05) is 0 Å². The zero-order chi connectivity index (χ0) is 24.7. The molecule has 2 rings (SSSR count). The molecule has 0 bridgehead atoms. The van der Waals surface area contributed by atoms with E-state index in [4.69, 9.17) is 5.11 Å². The molecule has 0 atom stereocenters. The summed E-state index contributed by atoms with van der Waals surface area (Å²) in [5.41, 5.74) is 1.34. The third-order valence-electron chi connectivity index (χ3n) is 2.92. The topological polar surface area (TPSA) is 190 Å². The van der Waals surface area contributed by atoms with Crippen molar-refractivity contribution in [1.29, 1.82) is 0 Å². The van der Waals surface area contributed by atoms with Crippen LogP contribution in [-0.4, -0.2) is 70.4 Å². The number of carboxylic acid groups (broad SMARTS) is 1. The van der Waals surface area contributed by atoms with E-state index in [2.05, 4.69) is 30.1 Å². The molecule has 14 heteroatoms. The fourth-order valence-corrected chi connectivity index (χ4v) is 1.72. The molecule has 0 spiro atoms. The first-order valence-corrected chi connectivity index (χ1v) is 9.29. The van der Waals surface area contributed by atoms with Crippen molar-refractivity contribution in [3.8, 4) is 0 Å². The number of carbonyl (C=O) groups is 6. The molecule has 32 heavy (non-hydrogen) atoms. The second kappa shape index (κ2) is 15.0. The van der Waals surface area contributed by atoms with Gasteiger partial charge in [-0.2, -0.15) is 0 Å². The number of hydroxylamine groups is 2. The third kappa shape index (κ3) is 14.2. The normalized spacial score (nSPS) is 14.2. The molecule has 0 aromatic heterocycles. The van der Waals surface area contributed by atoms with Gasteiger partial charge in [0.15, 0.2) is 0 Å². The maximum atomic E-state index is 11.1. The molecule has 0 radical (unpaired) electrons. The van der Waals surface area contributed by atoms with Crippen LogP contribution in [0.25, 0.3) is 0 Å². The van der Waals surface area contributed by atoms with Crippen molar-refractivity contribution in [3.05, 3.63) is 0 Å². The number of carbonyl (C=O) groups excluding carboxylic acids is 5. The number of hydrogen-bond acceptors (Lipinski definition) is 11. The smallest absolute Gasteiger partial charge is 0.373 e. The SMILES string of the molecule is CC(C)=NOCC(=O)O.CC(C)=NOCC(=O)ON1C(=O)CCC1=O.O=C1CCC(=O)N1. The van der Waals surface area contributed by atoms with Gasteiger partial charge in [0.2, 0.25) is 25.0 Å². The van der Waals surface area contributed by atoms with Crippen LogP contribution in [0.2, 0.25) is 0 Å². The van der Waals surface area contributed by atoms with E-state index in [1.165, 1.54) is 0 Å². The average molecular weight is 458 g/mol. The van der Waals surface area contributed by atoms with Crippen LogP contribution in [0, 0.1) is 0 Å². The molecule has 0 saturated carbocycles. The number of hydrogen-bond donors (Lipinski definition) is 2. The molecular formula is C18H26N4O10. The second-order valence-electron chi connectivity index (χ2n) is 6.53. The van der Waals surface area contributed by atoms with Gasteiger partial charge in [0.05, 0.1) is 11.4 Å². The molecule has 0 aliphatic carbocycles. The van der Waals surface area contributed by atoms with E-state index in [1.54, 1.807) is 27.7 Å². The van der Waals surface area contributed by atoms with E-state index in [-0.39, 0.29) is 31.3 Å². The fourth-order valence-electron chi connectivity index (χ4n) is 1.72. The highest BCUT2D eigenvalue weighted by molar-refractivity contribution is 6.02. The number of amides is 4. The minimum atomic E-state index is -1.01. The number of nitrogens with zero attached hydrogens (tertiary/aromatic N) is 3. The summed E-state index contributed by atoms with van der Waals surface area (Å²) in [6.45, 7) is 6.02. The molecular weight excluding hydrogens is 432 g/mol. The van der Waals surface area contributed by atoms with Gasteiger partial charge in [-0.15, -0.1) is 5.06 Å². The number of carboxylic acids is 1.